The van der Waals surface area contributed by atoms with E-state index in [4.69, 9.17) is 0 Å². The normalized spacial score (nSPS) is 11.8. The Bertz CT molecular complexity index is 514. The molecule has 7 heteroatoms. The summed E-state index contributed by atoms with van der Waals surface area (Å²) in [4.78, 5) is 0. The third-order valence-electron chi connectivity index (χ3n) is 2.78. The highest BCUT2D eigenvalue weighted by Gasteiger charge is 2.17. The van der Waals surface area contributed by atoms with Crippen molar-refractivity contribution in [1.82, 2.24) is 9.62 Å². The predicted molar refractivity (Wildman–Crippen MR) is 87.2 cm³/mol. The Morgan fingerprint density at radius 3 is 2.60 bits per heavy atom. The topological polar surface area (TPSA) is 61.4 Å². The number of nitrogens with one attached hydrogen (secondary N) is 2. The summed E-state index contributed by atoms with van der Waals surface area (Å²) < 4.78 is 29.1. The van der Waals surface area contributed by atoms with Gasteiger partial charge in [0, 0.05) is 18.1 Å². The van der Waals surface area contributed by atoms with Gasteiger partial charge in [-0.25, -0.2) is 0 Å². The highest BCUT2D eigenvalue weighted by Crippen LogP contribution is 2.20. The van der Waals surface area contributed by atoms with Gasteiger partial charge in [0.1, 0.15) is 0 Å². The van der Waals surface area contributed by atoms with Crippen LogP contribution in [0.3, 0.4) is 0 Å². The third-order valence-corrected chi connectivity index (χ3v) is 4.73. The van der Waals surface area contributed by atoms with Crippen LogP contribution in [-0.2, 0) is 10.2 Å². The zero-order valence-corrected chi connectivity index (χ0v) is 14.5. The molecule has 0 unspecified atom stereocenters. The van der Waals surface area contributed by atoms with E-state index in [1.807, 2.05) is 19.9 Å². The smallest absolute Gasteiger partial charge is 0.301 e. The summed E-state index contributed by atoms with van der Waals surface area (Å²) in [5.74, 6) is 0. The number of hydrogen-bond donors (Lipinski definition) is 2. The average Bonchev–Trinajstić information content (AvgIpc) is 2.32. The van der Waals surface area contributed by atoms with Crippen molar-refractivity contribution in [2.45, 2.75) is 20.3 Å². The van der Waals surface area contributed by atoms with Crippen LogP contribution in [0.1, 0.15) is 18.9 Å². The molecule has 114 valence electrons. The Hall–Kier alpha value is -0.630. The van der Waals surface area contributed by atoms with E-state index >= 15 is 0 Å². The fourth-order valence-electron chi connectivity index (χ4n) is 1.75. The number of hydrogen-bond acceptors (Lipinski definition) is 3. The summed E-state index contributed by atoms with van der Waals surface area (Å²) >= 11 is 3.36. The van der Waals surface area contributed by atoms with E-state index in [0.717, 1.165) is 29.5 Å². The summed E-state index contributed by atoms with van der Waals surface area (Å²) in [6, 6.07) is 5.48. The van der Waals surface area contributed by atoms with Crippen LogP contribution >= 0.6 is 15.9 Å². The standard InChI is InChI=1S/C13H22BrN3O2S/c1-4-15-6-5-7-17(3)20(18,19)16-13-9-11(2)8-12(14)10-13/h8-10,15-16H,4-7H2,1-3H3. The monoisotopic (exact) mass is 363 g/mol. The van der Waals surface area contributed by atoms with Gasteiger partial charge in [-0.05, 0) is 50.2 Å². The van der Waals surface area contributed by atoms with Crippen LogP contribution in [0.25, 0.3) is 0 Å². The molecule has 0 amide bonds. The number of nitrogens with zero attached hydrogens (tertiary/aromatic N) is 1. The van der Waals surface area contributed by atoms with E-state index in [2.05, 4.69) is 26.0 Å². The molecule has 0 atom stereocenters. The van der Waals surface area contributed by atoms with Crippen molar-refractivity contribution in [3.8, 4) is 0 Å². The third kappa shape index (κ3) is 5.78. The number of benzene rings is 1. The maximum atomic E-state index is 12.2. The molecule has 1 aromatic rings. The van der Waals surface area contributed by atoms with E-state index in [-0.39, 0.29) is 0 Å². The average molecular weight is 364 g/mol. The van der Waals surface area contributed by atoms with Gasteiger partial charge in [-0.3, -0.25) is 4.72 Å². The minimum Gasteiger partial charge on any atom is -0.317 e. The zero-order valence-electron chi connectivity index (χ0n) is 12.1. The Morgan fingerprint density at radius 1 is 1.30 bits per heavy atom. The van der Waals surface area contributed by atoms with Crippen LogP contribution in [0.5, 0.6) is 0 Å². The van der Waals surface area contributed by atoms with Crippen molar-refractivity contribution in [1.29, 1.82) is 0 Å². The van der Waals surface area contributed by atoms with Gasteiger partial charge in [-0.1, -0.05) is 22.9 Å². The maximum Gasteiger partial charge on any atom is 0.301 e. The number of anilines is 1. The quantitative estimate of drug-likeness (QED) is 0.696. The first-order chi connectivity index (χ1) is 9.35. The molecule has 5 nitrogen and oxygen atoms in total. The van der Waals surface area contributed by atoms with Crippen LogP contribution in [0.15, 0.2) is 22.7 Å². The van der Waals surface area contributed by atoms with Crippen LogP contribution in [-0.4, -0.2) is 39.4 Å². The van der Waals surface area contributed by atoms with Crippen molar-refractivity contribution in [3.05, 3.63) is 28.2 Å². The molecule has 0 spiro atoms. The number of aryl methyl sites for hydroxylation is 1. The minimum absolute atomic E-state index is 0.481. The van der Waals surface area contributed by atoms with Gasteiger partial charge in [0.25, 0.3) is 0 Å². The van der Waals surface area contributed by atoms with E-state index in [0.29, 0.717) is 12.2 Å². The van der Waals surface area contributed by atoms with E-state index in [1.165, 1.54) is 4.31 Å². The number of halogens is 1. The molecule has 0 heterocycles. The number of rotatable bonds is 8. The molecule has 0 bridgehead atoms. The fourth-order valence-corrected chi connectivity index (χ4v) is 3.29. The van der Waals surface area contributed by atoms with Gasteiger partial charge in [0.05, 0.1) is 5.69 Å². The summed E-state index contributed by atoms with van der Waals surface area (Å²) in [6.07, 6.45) is 0.781. The molecule has 0 saturated carbocycles. The molecule has 0 aromatic heterocycles. The second-order valence-corrected chi connectivity index (χ2v) is 7.35. The van der Waals surface area contributed by atoms with Crippen molar-refractivity contribution >= 4 is 31.8 Å². The first kappa shape index (κ1) is 17.4. The SMILES string of the molecule is CCNCCCN(C)S(=O)(=O)Nc1cc(C)cc(Br)c1. The van der Waals surface area contributed by atoms with E-state index in [9.17, 15) is 8.42 Å². The van der Waals surface area contributed by atoms with Crippen LogP contribution in [0, 0.1) is 6.92 Å². The van der Waals surface area contributed by atoms with Gasteiger partial charge in [0.15, 0.2) is 0 Å². The summed E-state index contributed by atoms with van der Waals surface area (Å²) in [5.41, 5.74) is 1.56. The summed E-state index contributed by atoms with van der Waals surface area (Å²) in [6.45, 7) is 6.13. The van der Waals surface area contributed by atoms with Crippen molar-refractivity contribution in [2.75, 3.05) is 31.4 Å². The van der Waals surface area contributed by atoms with Gasteiger partial charge in [-0.15, -0.1) is 0 Å². The Morgan fingerprint density at radius 2 is 2.00 bits per heavy atom. The van der Waals surface area contributed by atoms with Crippen LogP contribution < -0.4 is 10.0 Å². The highest BCUT2D eigenvalue weighted by molar-refractivity contribution is 9.10. The molecule has 0 radical (unpaired) electrons. The lowest BCUT2D eigenvalue weighted by molar-refractivity contribution is 0.459. The first-order valence-corrected chi connectivity index (χ1v) is 8.80. The Kier molecular flexibility index (Phi) is 6.94. The molecular formula is C13H22BrN3O2S. The summed E-state index contributed by atoms with van der Waals surface area (Å²) in [7, 11) is -1.92. The van der Waals surface area contributed by atoms with Crippen molar-refractivity contribution in [3.63, 3.8) is 0 Å². The largest absolute Gasteiger partial charge is 0.317 e. The maximum absolute atomic E-state index is 12.2. The van der Waals surface area contributed by atoms with E-state index in [1.54, 1.807) is 19.2 Å². The fraction of sp³-hybridized carbons (Fsp3) is 0.538. The van der Waals surface area contributed by atoms with Crippen LogP contribution in [0.4, 0.5) is 5.69 Å². The molecule has 20 heavy (non-hydrogen) atoms. The van der Waals surface area contributed by atoms with Gasteiger partial charge < -0.3 is 5.32 Å². The Balaban J connectivity index is 2.64. The molecule has 0 aliphatic heterocycles. The molecule has 1 rings (SSSR count). The highest BCUT2D eigenvalue weighted by atomic mass is 79.9. The van der Waals surface area contributed by atoms with E-state index < -0.39 is 10.2 Å². The molecule has 2 N–H and O–H groups in total. The predicted octanol–water partition coefficient (Wildman–Crippen LogP) is 2.35. The van der Waals surface area contributed by atoms with Gasteiger partial charge in [-0.2, -0.15) is 12.7 Å². The molecule has 0 fully saturated rings. The lowest BCUT2D eigenvalue weighted by Gasteiger charge is -2.18. The Labute approximate surface area is 130 Å². The lowest BCUT2D eigenvalue weighted by Crippen LogP contribution is -2.34. The molecule has 0 aliphatic carbocycles. The summed E-state index contributed by atoms with van der Waals surface area (Å²) in [5, 5.41) is 3.17. The van der Waals surface area contributed by atoms with Crippen molar-refractivity contribution in [2.24, 2.45) is 0 Å². The first-order valence-electron chi connectivity index (χ1n) is 6.57. The zero-order chi connectivity index (χ0) is 15.2. The second-order valence-electron chi connectivity index (χ2n) is 4.65. The molecular weight excluding hydrogens is 342 g/mol. The van der Waals surface area contributed by atoms with Crippen molar-refractivity contribution < 1.29 is 8.42 Å². The molecule has 1 aromatic carbocycles. The molecule has 0 saturated heterocycles. The molecule has 0 aliphatic rings. The van der Waals surface area contributed by atoms with Crippen LogP contribution in [0.2, 0.25) is 0 Å². The van der Waals surface area contributed by atoms with Gasteiger partial charge >= 0.3 is 10.2 Å². The van der Waals surface area contributed by atoms with Gasteiger partial charge in [0.2, 0.25) is 0 Å². The minimum atomic E-state index is -3.50. The lowest BCUT2D eigenvalue weighted by atomic mass is 10.2. The second kappa shape index (κ2) is 7.97.